The lowest BCUT2D eigenvalue weighted by Crippen LogP contribution is -2.15. The number of nitrogens with zero attached hydrogens (tertiary/aromatic N) is 3. The first-order valence-corrected chi connectivity index (χ1v) is 17.3. The van der Waals surface area contributed by atoms with Crippen LogP contribution in [-0.4, -0.2) is 14.5 Å². The summed E-state index contributed by atoms with van der Waals surface area (Å²) in [7, 11) is 0. The number of fused-ring (bicyclic) bond motifs is 7. The van der Waals surface area contributed by atoms with Crippen molar-refractivity contribution < 1.29 is 0 Å². The van der Waals surface area contributed by atoms with Gasteiger partial charge in [0.2, 0.25) is 0 Å². The van der Waals surface area contributed by atoms with Crippen LogP contribution >= 0.6 is 0 Å². The smallest absolute Gasteiger partial charge is 0.116 e. The van der Waals surface area contributed by atoms with Crippen LogP contribution in [0.25, 0.3) is 93.5 Å². The SMILES string of the molecule is CC1(C)c2cc(-c3cc(-c4ccc(-n5c6ccccc6c6ccccc65)cc4)ncn3)ccc2-c2c1cc1ccc3cccc4ccc2c1c34. The van der Waals surface area contributed by atoms with Gasteiger partial charge >= 0.3 is 0 Å². The maximum atomic E-state index is 4.78. The van der Waals surface area contributed by atoms with Gasteiger partial charge in [0.15, 0.2) is 0 Å². The Labute approximate surface area is 289 Å². The van der Waals surface area contributed by atoms with Gasteiger partial charge in [-0.2, -0.15) is 0 Å². The summed E-state index contributed by atoms with van der Waals surface area (Å²) in [5.74, 6) is 0. The van der Waals surface area contributed by atoms with Crippen LogP contribution in [0.5, 0.6) is 0 Å². The molecule has 0 aliphatic heterocycles. The van der Waals surface area contributed by atoms with E-state index in [1.807, 2.05) is 0 Å². The van der Waals surface area contributed by atoms with Crippen molar-refractivity contribution in [1.82, 2.24) is 14.5 Å². The van der Waals surface area contributed by atoms with E-state index in [4.69, 9.17) is 9.97 Å². The zero-order valence-electron chi connectivity index (χ0n) is 27.8. The number of benzene rings is 8. The number of hydrogen-bond donors (Lipinski definition) is 0. The van der Waals surface area contributed by atoms with Crippen LogP contribution in [-0.2, 0) is 5.41 Å². The molecule has 8 aromatic carbocycles. The van der Waals surface area contributed by atoms with Gasteiger partial charge in [-0.15, -0.1) is 0 Å². The molecule has 0 unspecified atom stereocenters. The zero-order chi connectivity index (χ0) is 33.1. The Morgan fingerprint density at radius 1 is 0.480 bits per heavy atom. The Morgan fingerprint density at radius 3 is 1.86 bits per heavy atom. The second-order valence-corrected chi connectivity index (χ2v) is 14.2. The first kappa shape index (κ1) is 27.6. The minimum atomic E-state index is -0.149. The third-order valence-electron chi connectivity index (χ3n) is 11.2. The molecule has 0 amide bonds. The van der Waals surface area contributed by atoms with Crippen molar-refractivity contribution in [2.75, 3.05) is 0 Å². The number of hydrogen-bond acceptors (Lipinski definition) is 2. The summed E-state index contributed by atoms with van der Waals surface area (Å²) >= 11 is 0. The summed E-state index contributed by atoms with van der Waals surface area (Å²) in [5.41, 5.74) is 12.8. The average Bonchev–Trinajstić information content (AvgIpc) is 3.62. The second-order valence-electron chi connectivity index (χ2n) is 14.2. The van der Waals surface area contributed by atoms with Gasteiger partial charge in [-0.3, -0.25) is 0 Å². The van der Waals surface area contributed by atoms with Crippen LogP contribution in [0.15, 0.2) is 152 Å². The molecular weight excluding hydrogens is 607 g/mol. The predicted molar refractivity (Wildman–Crippen MR) is 209 cm³/mol. The van der Waals surface area contributed by atoms with Crippen molar-refractivity contribution in [3.05, 3.63) is 163 Å². The first-order valence-electron chi connectivity index (χ1n) is 17.3. The van der Waals surface area contributed by atoms with Crippen LogP contribution in [0, 0.1) is 0 Å². The minimum Gasteiger partial charge on any atom is -0.309 e. The molecule has 0 bridgehead atoms. The van der Waals surface area contributed by atoms with E-state index >= 15 is 0 Å². The van der Waals surface area contributed by atoms with E-state index in [-0.39, 0.29) is 5.41 Å². The number of aromatic nitrogens is 3. The van der Waals surface area contributed by atoms with Crippen LogP contribution in [0.4, 0.5) is 0 Å². The molecular formula is C47H31N3. The fourth-order valence-corrected chi connectivity index (χ4v) is 8.83. The van der Waals surface area contributed by atoms with Crippen molar-refractivity contribution in [3.8, 4) is 39.3 Å². The second kappa shape index (κ2) is 9.87. The Balaban J connectivity index is 0.996. The molecule has 10 aromatic rings. The normalized spacial score (nSPS) is 13.6. The van der Waals surface area contributed by atoms with Crippen molar-refractivity contribution >= 4 is 54.1 Å². The molecule has 2 aromatic heterocycles. The van der Waals surface area contributed by atoms with E-state index in [2.05, 4.69) is 164 Å². The molecule has 1 aliphatic rings. The fourth-order valence-electron chi connectivity index (χ4n) is 8.83. The van der Waals surface area contributed by atoms with E-state index in [1.54, 1.807) is 6.33 Å². The molecule has 0 atom stereocenters. The highest BCUT2D eigenvalue weighted by Crippen LogP contribution is 2.54. The standard InChI is InChI=1S/C47H31N3/c1-47(2)38-24-31(19-22-36(38)46-37-23-18-30-9-7-8-29-14-15-32(25-39(46)47)45(37)44(29)30)41-26-40(48-27-49-41)28-16-20-33(21-17-28)50-42-12-5-3-10-34(42)35-11-4-6-13-43(35)50/h3-27H,1-2H3. The van der Waals surface area contributed by atoms with Gasteiger partial charge in [-0.1, -0.05) is 117 Å². The Bertz CT molecular complexity index is 2930. The number of rotatable bonds is 3. The lowest BCUT2D eigenvalue weighted by atomic mass is 9.80. The molecule has 234 valence electrons. The predicted octanol–water partition coefficient (Wildman–Crippen LogP) is 12.1. The van der Waals surface area contributed by atoms with Gasteiger partial charge in [-0.05, 0) is 97.0 Å². The van der Waals surface area contributed by atoms with Gasteiger partial charge in [-0.25, -0.2) is 9.97 Å². The maximum absolute atomic E-state index is 4.78. The third-order valence-corrected chi connectivity index (χ3v) is 11.2. The van der Waals surface area contributed by atoms with Crippen LogP contribution in [0.2, 0.25) is 0 Å². The highest BCUT2D eigenvalue weighted by molar-refractivity contribution is 6.26. The van der Waals surface area contributed by atoms with E-state index < -0.39 is 0 Å². The van der Waals surface area contributed by atoms with Gasteiger partial charge in [0.1, 0.15) is 6.33 Å². The van der Waals surface area contributed by atoms with Gasteiger partial charge in [0.05, 0.1) is 22.4 Å². The quantitative estimate of drug-likeness (QED) is 0.181. The van der Waals surface area contributed by atoms with Crippen LogP contribution in [0.1, 0.15) is 25.0 Å². The van der Waals surface area contributed by atoms with Crippen molar-refractivity contribution in [2.24, 2.45) is 0 Å². The van der Waals surface area contributed by atoms with Gasteiger partial charge < -0.3 is 4.57 Å². The number of para-hydroxylation sites is 2. The molecule has 0 radical (unpaired) electrons. The summed E-state index contributed by atoms with van der Waals surface area (Å²) in [4.78, 5) is 9.50. The van der Waals surface area contributed by atoms with Crippen molar-refractivity contribution in [2.45, 2.75) is 19.3 Å². The average molecular weight is 638 g/mol. The molecule has 3 heteroatoms. The molecule has 0 fully saturated rings. The fraction of sp³-hybridized carbons (Fsp3) is 0.0638. The molecule has 1 aliphatic carbocycles. The molecule has 50 heavy (non-hydrogen) atoms. The Kier molecular flexibility index (Phi) is 5.45. The van der Waals surface area contributed by atoms with E-state index in [1.165, 1.54) is 76.4 Å². The lowest BCUT2D eigenvalue weighted by molar-refractivity contribution is 0.661. The Hall–Kier alpha value is -6.32. The van der Waals surface area contributed by atoms with Crippen molar-refractivity contribution in [3.63, 3.8) is 0 Å². The lowest BCUT2D eigenvalue weighted by Gasteiger charge is -2.23. The zero-order valence-corrected chi connectivity index (χ0v) is 27.8. The third kappa shape index (κ3) is 3.69. The summed E-state index contributed by atoms with van der Waals surface area (Å²) in [6.45, 7) is 4.73. The van der Waals surface area contributed by atoms with Crippen LogP contribution < -0.4 is 0 Å². The molecule has 11 rings (SSSR count). The van der Waals surface area contributed by atoms with Gasteiger partial charge in [0.25, 0.3) is 0 Å². The maximum Gasteiger partial charge on any atom is 0.116 e. The Morgan fingerprint density at radius 2 is 1.12 bits per heavy atom. The summed E-state index contributed by atoms with van der Waals surface area (Å²) < 4.78 is 2.35. The van der Waals surface area contributed by atoms with E-state index in [0.29, 0.717) is 0 Å². The molecule has 3 nitrogen and oxygen atoms in total. The molecule has 0 saturated heterocycles. The summed E-state index contributed by atoms with van der Waals surface area (Å²) in [6, 6.07) is 53.3. The molecule has 0 saturated carbocycles. The monoisotopic (exact) mass is 637 g/mol. The largest absolute Gasteiger partial charge is 0.309 e. The molecule has 0 spiro atoms. The van der Waals surface area contributed by atoms with E-state index in [0.717, 1.165) is 28.2 Å². The van der Waals surface area contributed by atoms with Crippen molar-refractivity contribution in [1.29, 1.82) is 0 Å². The van der Waals surface area contributed by atoms with Gasteiger partial charge in [0, 0.05) is 33.0 Å². The van der Waals surface area contributed by atoms with Crippen LogP contribution in [0.3, 0.4) is 0 Å². The summed E-state index contributed by atoms with van der Waals surface area (Å²) in [5, 5.41) is 10.5. The minimum absolute atomic E-state index is 0.149. The first-order chi connectivity index (χ1) is 24.5. The van der Waals surface area contributed by atoms with E-state index in [9.17, 15) is 0 Å². The summed E-state index contributed by atoms with van der Waals surface area (Å²) in [6.07, 6.45) is 1.70. The molecule has 0 N–H and O–H groups in total. The topological polar surface area (TPSA) is 30.7 Å². The highest BCUT2D eigenvalue weighted by Gasteiger charge is 2.37. The highest BCUT2D eigenvalue weighted by atomic mass is 15.0. The molecule has 2 heterocycles.